The molecule has 0 aliphatic rings. The minimum atomic E-state index is -0.282. The molecule has 0 atom stereocenters. The smallest absolute Gasteiger partial charge is 0.180 e. The fourth-order valence-corrected chi connectivity index (χ4v) is 3.13. The Kier molecular flexibility index (Phi) is 9.24. The summed E-state index contributed by atoms with van der Waals surface area (Å²) in [6.07, 6.45) is 0. The molecule has 0 fully saturated rings. The molecular formula is C23H24Cl2FNO3. The topological polar surface area (TPSA) is 39.7 Å². The predicted octanol–water partition coefficient (Wildman–Crippen LogP) is 5.79. The van der Waals surface area contributed by atoms with E-state index < -0.39 is 0 Å². The van der Waals surface area contributed by atoms with Crippen molar-refractivity contribution in [3.05, 3.63) is 88.2 Å². The third-order valence-corrected chi connectivity index (χ3v) is 4.68. The molecule has 1 N–H and O–H groups in total. The summed E-state index contributed by atoms with van der Waals surface area (Å²) in [5.41, 5.74) is 2.98. The summed E-state index contributed by atoms with van der Waals surface area (Å²) in [7, 11) is 3.22. The van der Waals surface area contributed by atoms with E-state index in [1.54, 1.807) is 26.4 Å². The van der Waals surface area contributed by atoms with Crippen LogP contribution in [0.5, 0.6) is 17.2 Å². The molecule has 7 heteroatoms. The molecule has 3 aromatic rings. The van der Waals surface area contributed by atoms with Crippen molar-refractivity contribution in [1.29, 1.82) is 0 Å². The lowest BCUT2D eigenvalue weighted by molar-refractivity contribution is 0.284. The second-order valence-corrected chi connectivity index (χ2v) is 6.88. The molecule has 0 aliphatic heterocycles. The molecule has 0 heterocycles. The zero-order valence-electron chi connectivity index (χ0n) is 16.8. The molecule has 0 bridgehead atoms. The highest BCUT2D eigenvalue weighted by molar-refractivity contribution is 6.32. The van der Waals surface area contributed by atoms with Crippen LogP contribution in [0, 0.1) is 5.82 Å². The second-order valence-electron chi connectivity index (χ2n) is 6.48. The van der Waals surface area contributed by atoms with Gasteiger partial charge in [-0.1, -0.05) is 35.9 Å². The summed E-state index contributed by atoms with van der Waals surface area (Å²) >= 11 is 6.43. The van der Waals surface area contributed by atoms with Gasteiger partial charge in [0, 0.05) is 13.1 Å². The van der Waals surface area contributed by atoms with Crippen molar-refractivity contribution in [2.45, 2.75) is 19.7 Å². The van der Waals surface area contributed by atoms with Crippen LogP contribution in [0.4, 0.5) is 4.39 Å². The molecule has 0 saturated carbocycles. The summed E-state index contributed by atoms with van der Waals surface area (Å²) in [4.78, 5) is 0. The van der Waals surface area contributed by atoms with Crippen molar-refractivity contribution in [1.82, 2.24) is 5.32 Å². The van der Waals surface area contributed by atoms with E-state index in [9.17, 15) is 4.39 Å². The molecule has 0 amide bonds. The largest absolute Gasteiger partial charge is 0.497 e. The third-order valence-electron chi connectivity index (χ3n) is 4.40. The van der Waals surface area contributed by atoms with Crippen molar-refractivity contribution in [3.63, 3.8) is 0 Å². The number of halogens is 3. The summed E-state index contributed by atoms with van der Waals surface area (Å²) < 4.78 is 29.5. The minimum absolute atomic E-state index is 0. The van der Waals surface area contributed by atoms with E-state index in [1.807, 2.05) is 36.4 Å². The Bertz CT molecular complexity index is 934. The molecule has 30 heavy (non-hydrogen) atoms. The van der Waals surface area contributed by atoms with E-state index in [1.165, 1.54) is 12.1 Å². The molecule has 0 spiro atoms. The molecule has 0 aromatic heterocycles. The molecule has 0 saturated heterocycles. The van der Waals surface area contributed by atoms with Crippen LogP contribution in [0.1, 0.15) is 16.7 Å². The van der Waals surface area contributed by atoms with Gasteiger partial charge in [0.15, 0.2) is 11.5 Å². The van der Waals surface area contributed by atoms with E-state index in [-0.39, 0.29) is 24.8 Å². The normalized spacial score (nSPS) is 10.3. The van der Waals surface area contributed by atoms with Crippen LogP contribution in [0.3, 0.4) is 0 Å². The van der Waals surface area contributed by atoms with E-state index >= 15 is 0 Å². The number of methoxy groups -OCH3 is 2. The van der Waals surface area contributed by atoms with Gasteiger partial charge in [0.25, 0.3) is 0 Å². The van der Waals surface area contributed by atoms with Gasteiger partial charge in [-0.25, -0.2) is 4.39 Å². The molecular weight excluding hydrogens is 428 g/mol. The van der Waals surface area contributed by atoms with Crippen LogP contribution in [-0.4, -0.2) is 14.2 Å². The number of rotatable bonds is 9. The van der Waals surface area contributed by atoms with Gasteiger partial charge in [0.05, 0.1) is 19.2 Å². The van der Waals surface area contributed by atoms with Gasteiger partial charge in [0.2, 0.25) is 0 Å². The summed E-state index contributed by atoms with van der Waals surface area (Å²) in [5.74, 6) is 1.58. The molecule has 0 unspecified atom stereocenters. The first-order valence-corrected chi connectivity index (χ1v) is 9.54. The van der Waals surface area contributed by atoms with E-state index in [4.69, 9.17) is 25.8 Å². The first-order valence-electron chi connectivity index (χ1n) is 9.16. The fraction of sp³-hybridized carbons (Fsp3) is 0.217. The van der Waals surface area contributed by atoms with Crippen molar-refractivity contribution in [2.75, 3.05) is 14.2 Å². The maximum absolute atomic E-state index is 13.0. The quantitative estimate of drug-likeness (QED) is 0.447. The number of nitrogens with one attached hydrogen (secondary N) is 1. The Morgan fingerprint density at radius 1 is 0.833 bits per heavy atom. The number of benzene rings is 3. The number of hydrogen-bond donors (Lipinski definition) is 1. The zero-order chi connectivity index (χ0) is 20.6. The first-order chi connectivity index (χ1) is 14.1. The average molecular weight is 452 g/mol. The second kappa shape index (κ2) is 11.6. The van der Waals surface area contributed by atoms with Crippen molar-refractivity contribution in [3.8, 4) is 17.2 Å². The lowest BCUT2D eigenvalue weighted by Gasteiger charge is -2.15. The lowest BCUT2D eigenvalue weighted by atomic mass is 10.1. The van der Waals surface area contributed by atoms with Gasteiger partial charge in [-0.2, -0.15) is 0 Å². The highest BCUT2D eigenvalue weighted by atomic mass is 35.5. The minimum Gasteiger partial charge on any atom is -0.497 e. The Morgan fingerprint density at radius 2 is 1.47 bits per heavy atom. The maximum atomic E-state index is 13.0. The third kappa shape index (κ3) is 6.52. The summed E-state index contributed by atoms with van der Waals surface area (Å²) in [6, 6.07) is 17.8. The highest BCUT2D eigenvalue weighted by Crippen LogP contribution is 2.37. The highest BCUT2D eigenvalue weighted by Gasteiger charge is 2.12. The van der Waals surface area contributed by atoms with Crippen LogP contribution in [0.25, 0.3) is 0 Å². The molecule has 0 aliphatic carbocycles. The predicted molar refractivity (Wildman–Crippen MR) is 120 cm³/mol. The molecule has 0 radical (unpaired) electrons. The number of ether oxygens (including phenoxy) is 3. The van der Waals surface area contributed by atoms with Crippen LogP contribution >= 0.6 is 24.0 Å². The van der Waals surface area contributed by atoms with Crippen LogP contribution in [-0.2, 0) is 19.7 Å². The SMILES string of the molecule is COc1ccc(CNCc2cc(Cl)c(OCc3ccc(F)cc3)c(OC)c2)cc1.Cl. The van der Waals surface area contributed by atoms with Gasteiger partial charge < -0.3 is 19.5 Å². The summed E-state index contributed by atoms with van der Waals surface area (Å²) in [6.45, 7) is 1.61. The van der Waals surface area contributed by atoms with Crippen LogP contribution < -0.4 is 19.5 Å². The fourth-order valence-electron chi connectivity index (χ4n) is 2.85. The van der Waals surface area contributed by atoms with Crippen molar-refractivity contribution in [2.24, 2.45) is 0 Å². The number of hydrogen-bond acceptors (Lipinski definition) is 4. The molecule has 4 nitrogen and oxygen atoms in total. The van der Waals surface area contributed by atoms with Gasteiger partial charge in [0.1, 0.15) is 18.2 Å². The molecule has 3 aromatic carbocycles. The Morgan fingerprint density at radius 3 is 2.10 bits per heavy atom. The molecule has 160 valence electrons. The Balaban J connectivity index is 0.00000320. The zero-order valence-corrected chi connectivity index (χ0v) is 18.4. The van der Waals surface area contributed by atoms with Gasteiger partial charge in [-0.05, 0) is 53.1 Å². The van der Waals surface area contributed by atoms with Gasteiger partial charge in [-0.15, -0.1) is 12.4 Å². The van der Waals surface area contributed by atoms with E-state index in [2.05, 4.69) is 5.32 Å². The Hall–Kier alpha value is -2.47. The van der Waals surface area contributed by atoms with Crippen LogP contribution in [0.15, 0.2) is 60.7 Å². The Labute approximate surface area is 187 Å². The lowest BCUT2D eigenvalue weighted by Crippen LogP contribution is -2.13. The van der Waals surface area contributed by atoms with Crippen LogP contribution in [0.2, 0.25) is 5.02 Å². The summed E-state index contributed by atoms with van der Waals surface area (Å²) in [5, 5.41) is 3.85. The van der Waals surface area contributed by atoms with Gasteiger partial charge >= 0.3 is 0 Å². The van der Waals surface area contributed by atoms with E-state index in [0.717, 1.165) is 22.4 Å². The monoisotopic (exact) mass is 451 g/mol. The maximum Gasteiger partial charge on any atom is 0.180 e. The average Bonchev–Trinajstić information content (AvgIpc) is 2.74. The first kappa shape index (κ1) is 23.8. The van der Waals surface area contributed by atoms with E-state index in [0.29, 0.717) is 29.6 Å². The van der Waals surface area contributed by atoms with Crippen molar-refractivity contribution >= 4 is 24.0 Å². The van der Waals surface area contributed by atoms with Crippen molar-refractivity contribution < 1.29 is 18.6 Å². The van der Waals surface area contributed by atoms with Gasteiger partial charge in [-0.3, -0.25) is 0 Å². The molecule has 3 rings (SSSR count). The standard InChI is InChI=1S/C23H23ClFNO3.ClH/c1-27-20-9-5-16(6-10-20)13-26-14-18-11-21(24)23(22(12-18)28-2)29-15-17-3-7-19(25)8-4-17;/h3-12,26H,13-15H2,1-2H3;1H.